The van der Waals surface area contributed by atoms with Gasteiger partial charge in [0.05, 0.1) is 16.9 Å². The highest BCUT2D eigenvalue weighted by molar-refractivity contribution is 7.98. The van der Waals surface area contributed by atoms with Crippen LogP contribution >= 0.6 is 11.8 Å². The molecule has 0 bridgehead atoms. The summed E-state index contributed by atoms with van der Waals surface area (Å²) in [6, 6.07) is 13.6. The van der Waals surface area contributed by atoms with Crippen LogP contribution in [-0.2, 0) is 11.9 Å². The fraction of sp³-hybridized carbons (Fsp3) is 0.208. The Morgan fingerprint density at radius 1 is 0.971 bits per heavy atom. The molecule has 0 fully saturated rings. The smallest absolute Gasteiger partial charge is 0.321 e. The lowest BCUT2D eigenvalue weighted by Crippen LogP contribution is -2.15. The van der Waals surface area contributed by atoms with E-state index >= 15 is 0 Å². The molecule has 0 aliphatic heterocycles. The molecule has 4 aromatic rings. The van der Waals surface area contributed by atoms with Crippen molar-refractivity contribution < 1.29 is 18.0 Å². The van der Waals surface area contributed by atoms with Crippen LogP contribution in [-0.4, -0.2) is 30.9 Å². The van der Waals surface area contributed by atoms with Crippen molar-refractivity contribution in [3.8, 4) is 5.69 Å². The predicted molar refractivity (Wildman–Crippen MR) is 127 cm³/mol. The summed E-state index contributed by atoms with van der Waals surface area (Å²) in [7, 11) is 0. The van der Waals surface area contributed by atoms with Crippen molar-refractivity contribution in [2.75, 3.05) is 5.32 Å². The van der Waals surface area contributed by atoms with Crippen molar-refractivity contribution in [2.24, 2.45) is 0 Å². The standard InChI is InChI=1S/C24H21F3N6OS/c1-14-4-10-19(11-5-14)33-20(13-35-23-28-15(2)12-16(3)29-23)21(31-32-33)22(34)30-18-8-6-17(7-9-18)24(25,26)27/h4-12H,13H2,1-3H3,(H,30,34). The van der Waals surface area contributed by atoms with Gasteiger partial charge in [0.1, 0.15) is 0 Å². The van der Waals surface area contributed by atoms with E-state index in [1.165, 1.54) is 23.9 Å². The zero-order chi connectivity index (χ0) is 25.2. The molecule has 1 amide bonds. The number of anilines is 1. The summed E-state index contributed by atoms with van der Waals surface area (Å²) < 4.78 is 40.1. The number of hydrogen-bond acceptors (Lipinski definition) is 6. The first kappa shape index (κ1) is 24.4. The number of nitrogens with zero attached hydrogens (tertiary/aromatic N) is 5. The average Bonchev–Trinajstić information content (AvgIpc) is 3.21. The van der Waals surface area contributed by atoms with E-state index in [2.05, 4.69) is 25.6 Å². The summed E-state index contributed by atoms with van der Waals surface area (Å²) >= 11 is 1.33. The number of thioether (sulfide) groups is 1. The normalized spacial score (nSPS) is 11.5. The predicted octanol–water partition coefficient (Wildman–Crippen LogP) is 5.55. The number of carbonyl (C=O) groups is 1. The third-order valence-corrected chi connectivity index (χ3v) is 5.89. The van der Waals surface area contributed by atoms with Gasteiger partial charge in [0, 0.05) is 22.8 Å². The zero-order valence-electron chi connectivity index (χ0n) is 19.1. The van der Waals surface area contributed by atoms with E-state index in [9.17, 15) is 18.0 Å². The number of carbonyl (C=O) groups excluding carboxylic acids is 1. The van der Waals surface area contributed by atoms with Crippen molar-refractivity contribution in [3.05, 3.63) is 88.5 Å². The van der Waals surface area contributed by atoms with Gasteiger partial charge in [0.2, 0.25) is 0 Å². The number of amides is 1. The van der Waals surface area contributed by atoms with Gasteiger partial charge in [-0.1, -0.05) is 34.7 Å². The van der Waals surface area contributed by atoms with Crippen LogP contribution in [0.15, 0.2) is 59.8 Å². The highest BCUT2D eigenvalue weighted by Gasteiger charge is 2.30. The summed E-state index contributed by atoms with van der Waals surface area (Å²) in [5.41, 5.74) is 3.40. The summed E-state index contributed by atoms with van der Waals surface area (Å²) in [6.45, 7) is 5.71. The fourth-order valence-electron chi connectivity index (χ4n) is 3.32. The monoisotopic (exact) mass is 498 g/mol. The van der Waals surface area contributed by atoms with Gasteiger partial charge in [-0.25, -0.2) is 14.6 Å². The zero-order valence-corrected chi connectivity index (χ0v) is 19.9. The number of rotatable bonds is 6. The second kappa shape index (κ2) is 9.87. The summed E-state index contributed by atoms with van der Waals surface area (Å²) in [5, 5.41) is 11.4. The van der Waals surface area contributed by atoms with Gasteiger partial charge in [-0.05, 0) is 63.2 Å². The maximum Gasteiger partial charge on any atom is 0.416 e. The lowest BCUT2D eigenvalue weighted by atomic mass is 10.2. The van der Waals surface area contributed by atoms with Gasteiger partial charge >= 0.3 is 6.18 Å². The van der Waals surface area contributed by atoms with E-state index in [0.29, 0.717) is 22.3 Å². The van der Waals surface area contributed by atoms with E-state index in [1.807, 2.05) is 51.1 Å². The first-order chi connectivity index (χ1) is 16.6. The van der Waals surface area contributed by atoms with E-state index in [1.54, 1.807) is 4.68 Å². The van der Waals surface area contributed by atoms with Crippen molar-refractivity contribution in [1.29, 1.82) is 0 Å². The number of benzene rings is 2. The van der Waals surface area contributed by atoms with Crippen LogP contribution in [0.1, 0.15) is 38.7 Å². The van der Waals surface area contributed by atoms with E-state index < -0.39 is 17.6 Å². The van der Waals surface area contributed by atoms with Crippen LogP contribution in [0, 0.1) is 20.8 Å². The number of nitrogens with one attached hydrogen (secondary N) is 1. The summed E-state index contributed by atoms with van der Waals surface area (Å²) in [5.74, 6) is -0.292. The molecular weight excluding hydrogens is 477 g/mol. The Balaban J connectivity index is 1.63. The SMILES string of the molecule is Cc1ccc(-n2nnc(C(=O)Nc3ccc(C(F)(F)F)cc3)c2CSc2nc(C)cc(C)n2)cc1. The molecule has 0 aliphatic carbocycles. The molecule has 11 heteroatoms. The molecule has 2 heterocycles. The van der Waals surface area contributed by atoms with E-state index in [4.69, 9.17) is 0 Å². The minimum absolute atomic E-state index is 0.0577. The van der Waals surface area contributed by atoms with Crippen LogP contribution in [0.3, 0.4) is 0 Å². The Labute approximate surface area is 203 Å². The van der Waals surface area contributed by atoms with Crippen LogP contribution in [0.5, 0.6) is 0 Å². The van der Waals surface area contributed by atoms with E-state index in [0.717, 1.165) is 29.1 Å². The molecule has 1 N–H and O–H groups in total. The first-order valence-electron chi connectivity index (χ1n) is 10.6. The van der Waals surface area contributed by atoms with Crippen molar-refractivity contribution >= 4 is 23.4 Å². The Kier molecular flexibility index (Phi) is 6.88. The molecule has 4 rings (SSSR count). The average molecular weight is 499 g/mol. The lowest BCUT2D eigenvalue weighted by molar-refractivity contribution is -0.137. The van der Waals surface area contributed by atoms with Crippen LogP contribution < -0.4 is 5.32 Å². The van der Waals surface area contributed by atoms with Gasteiger partial charge in [-0.3, -0.25) is 4.79 Å². The van der Waals surface area contributed by atoms with Crippen molar-refractivity contribution in [3.63, 3.8) is 0 Å². The van der Waals surface area contributed by atoms with Gasteiger partial charge in [0.25, 0.3) is 5.91 Å². The molecule has 0 saturated carbocycles. The largest absolute Gasteiger partial charge is 0.416 e. The van der Waals surface area contributed by atoms with Crippen LogP contribution in [0.2, 0.25) is 0 Å². The van der Waals surface area contributed by atoms with Crippen molar-refractivity contribution in [1.82, 2.24) is 25.0 Å². The molecule has 0 aliphatic rings. The molecule has 0 unspecified atom stereocenters. The topological polar surface area (TPSA) is 85.6 Å². The molecule has 0 radical (unpaired) electrons. The second-order valence-corrected chi connectivity index (χ2v) is 8.83. The van der Waals surface area contributed by atoms with Gasteiger partial charge in [-0.2, -0.15) is 13.2 Å². The molecule has 0 atom stereocenters. The first-order valence-corrected chi connectivity index (χ1v) is 11.5. The quantitative estimate of drug-likeness (QED) is 0.277. The highest BCUT2D eigenvalue weighted by Crippen LogP contribution is 2.30. The third kappa shape index (κ3) is 5.86. The molecule has 35 heavy (non-hydrogen) atoms. The fourth-order valence-corrected chi connectivity index (χ4v) is 4.27. The Bertz CT molecular complexity index is 1330. The lowest BCUT2D eigenvalue weighted by Gasteiger charge is -2.10. The minimum atomic E-state index is -4.46. The Morgan fingerprint density at radius 2 is 1.60 bits per heavy atom. The second-order valence-electron chi connectivity index (χ2n) is 7.88. The summed E-state index contributed by atoms with van der Waals surface area (Å²) in [6.07, 6.45) is -4.46. The number of alkyl halides is 3. The van der Waals surface area contributed by atoms with Crippen LogP contribution in [0.4, 0.5) is 18.9 Å². The number of aryl methyl sites for hydroxylation is 3. The van der Waals surface area contributed by atoms with Gasteiger partial charge in [0.15, 0.2) is 10.9 Å². The Morgan fingerprint density at radius 3 is 2.20 bits per heavy atom. The molecule has 0 spiro atoms. The molecule has 2 aromatic heterocycles. The van der Waals surface area contributed by atoms with E-state index in [-0.39, 0.29) is 11.4 Å². The van der Waals surface area contributed by atoms with Gasteiger partial charge < -0.3 is 5.32 Å². The molecular formula is C24H21F3N6OS. The van der Waals surface area contributed by atoms with Crippen molar-refractivity contribution in [2.45, 2.75) is 37.9 Å². The number of halogens is 3. The maximum atomic E-state index is 13.0. The third-order valence-electron chi connectivity index (χ3n) is 5.03. The molecule has 180 valence electrons. The summed E-state index contributed by atoms with van der Waals surface area (Å²) in [4.78, 5) is 21.9. The number of aromatic nitrogens is 5. The maximum absolute atomic E-state index is 13.0. The van der Waals surface area contributed by atoms with Gasteiger partial charge in [-0.15, -0.1) is 5.10 Å². The molecule has 7 nitrogen and oxygen atoms in total. The number of hydrogen-bond donors (Lipinski definition) is 1. The van der Waals surface area contributed by atoms with Crippen LogP contribution in [0.25, 0.3) is 5.69 Å². The minimum Gasteiger partial charge on any atom is -0.321 e. The highest BCUT2D eigenvalue weighted by atomic mass is 32.2. The molecule has 0 saturated heterocycles. The Hall–Kier alpha value is -3.73. The molecule has 2 aromatic carbocycles.